The minimum Gasteiger partial charge on any atom is -0.349 e. The summed E-state index contributed by atoms with van der Waals surface area (Å²) < 4.78 is 38.6. The summed E-state index contributed by atoms with van der Waals surface area (Å²) in [5.74, 6) is -0.111. The molecular formula is C17H24ClF3N2O. The molecule has 1 heterocycles. The Morgan fingerprint density at radius 2 is 2.17 bits per heavy atom. The Morgan fingerprint density at radius 1 is 1.42 bits per heavy atom. The molecule has 1 aromatic carbocycles. The maximum atomic E-state index is 12.9. The number of hydrogen-bond donors (Lipinski definition) is 2. The van der Waals surface area contributed by atoms with Crippen LogP contribution in [-0.4, -0.2) is 18.5 Å². The molecule has 1 aliphatic rings. The average Bonchev–Trinajstić information content (AvgIpc) is 2.99. The van der Waals surface area contributed by atoms with E-state index < -0.39 is 11.7 Å². The summed E-state index contributed by atoms with van der Waals surface area (Å²) in [5, 5.41) is 6.15. The molecule has 7 heteroatoms. The van der Waals surface area contributed by atoms with Crippen molar-refractivity contribution >= 4 is 18.3 Å². The van der Waals surface area contributed by atoms with Crippen LogP contribution in [-0.2, 0) is 11.0 Å². The fraction of sp³-hybridized carbons (Fsp3) is 0.588. The number of benzene rings is 1. The van der Waals surface area contributed by atoms with Gasteiger partial charge in [0.05, 0.1) is 11.6 Å². The van der Waals surface area contributed by atoms with Gasteiger partial charge in [0, 0.05) is 12.5 Å². The molecule has 2 N–H and O–H groups in total. The lowest BCUT2D eigenvalue weighted by Gasteiger charge is -2.21. The Bertz CT molecular complexity index is 531. The first-order valence-electron chi connectivity index (χ1n) is 8.10. The highest BCUT2D eigenvalue weighted by molar-refractivity contribution is 5.85. The molecular weight excluding hydrogens is 341 g/mol. The molecule has 1 amide bonds. The van der Waals surface area contributed by atoms with E-state index in [2.05, 4.69) is 10.6 Å². The Balaban J connectivity index is 0.00000288. The van der Waals surface area contributed by atoms with E-state index in [0.717, 1.165) is 37.9 Å². The molecule has 136 valence electrons. The summed E-state index contributed by atoms with van der Waals surface area (Å²) in [5.41, 5.74) is -0.169. The number of hydrogen-bond acceptors (Lipinski definition) is 2. The molecule has 0 radical (unpaired) electrons. The Morgan fingerprint density at radius 3 is 2.75 bits per heavy atom. The van der Waals surface area contributed by atoms with E-state index >= 15 is 0 Å². The normalized spacial score (nSPS) is 18.8. The molecule has 2 unspecified atom stereocenters. The van der Waals surface area contributed by atoms with Gasteiger partial charge in [0.25, 0.3) is 0 Å². The highest BCUT2D eigenvalue weighted by Crippen LogP contribution is 2.31. The molecule has 0 bridgehead atoms. The molecule has 0 saturated carbocycles. The third-order valence-electron chi connectivity index (χ3n) is 4.12. The maximum Gasteiger partial charge on any atom is 0.416 e. The number of nitrogens with one attached hydrogen (secondary N) is 2. The molecule has 0 aliphatic carbocycles. The third kappa shape index (κ3) is 5.98. The van der Waals surface area contributed by atoms with Crippen molar-refractivity contribution in [1.82, 2.24) is 10.6 Å². The van der Waals surface area contributed by atoms with Gasteiger partial charge in [0.2, 0.25) is 5.91 Å². The summed E-state index contributed by atoms with van der Waals surface area (Å²) >= 11 is 0. The average molecular weight is 365 g/mol. The predicted molar refractivity (Wildman–Crippen MR) is 90.1 cm³/mol. The van der Waals surface area contributed by atoms with E-state index in [9.17, 15) is 18.0 Å². The minimum absolute atomic E-state index is 0. The van der Waals surface area contributed by atoms with E-state index in [0.29, 0.717) is 18.4 Å². The summed E-state index contributed by atoms with van der Waals surface area (Å²) in [7, 11) is 0. The highest BCUT2D eigenvalue weighted by Gasteiger charge is 2.31. The highest BCUT2D eigenvalue weighted by atomic mass is 35.5. The SMILES string of the molecule is CCCC(NC(=O)CC1CCCN1)c1cccc(C(F)(F)F)c1.Cl. The maximum absolute atomic E-state index is 12.9. The fourth-order valence-corrected chi connectivity index (χ4v) is 2.95. The largest absolute Gasteiger partial charge is 0.416 e. The quantitative estimate of drug-likeness (QED) is 0.793. The molecule has 24 heavy (non-hydrogen) atoms. The lowest BCUT2D eigenvalue weighted by molar-refractivity contribution is -0.137. The molecule has 1 saturated heterocycles. The van der Waals surface area contributed by atoms with Gasteiger partial charge in [-0.05, 0) is 43.5 Å². The van der Waals surface area contributed by atoms with Crippen molar-refractivity contribution in [3.63, 3.8) is 0 Å². The van der Waals surface area contributed by atoms with Gasteiger partial charge < -0.3 is 10.6 Å². The van der Waals surface area contributed by atoms with Crippen LogP contribution in [0.3, 0.4) is 0 Å². The van der Waals surface area contributed by atoms with Gasteiger partial charge in [0.15, 0.2) is 0 Å². The molecule has 1 aliphatic heterocycles. The molecule has 2 rings (SSSR count). The molecule has 1 aromatic rings. The summed E-state index contributed by atoms with van der Waals surface area (Å²) in [4.78, 5) is 12.2. The molecule has 0 spiro atoms. The first-order chi connectivity index (χ1) is 10.9. The fourth-order valence-electron chi connectivity index (χ4n) is 2.95. The summed E-state index contributed by atoms with van der Waals surface area (Å²) in [6.07, 6.45) is -0.572. The van der Waals surface area contributed by atoms with Crippen LogP contribution < -0.4 is 10.6 Å². The van der Waals surface area contributed by atoms with Crippen molar-refractivity contribution in [3.05, 3.63) is 35.4 Å². The smallest absolute Gasteiger partial charge is 0.349 e. The van der Waals surface area contributed by atoms with Crippen molar-refractivity contribution in [2.75, 3.05) is 6.54 Å². The summed E-state index contributed by atoms with van der Waals surface area (Å²) in [6, 6.07) is 5.02. The lowest BCUT2D eigenvalue weighted by Crippen LogP contribution is -2.34. The number of carbonyl (C=O) groups is 1. The second-order valence-electron chi connectivity index (χ2n) is 6.03. The molecule has 1 fully saturated rings. The van der Waals surface area contributed by atoms with E-state index in [1.54, 1.807) is 6.07 Å². The van der Waals surface area contributed by atoms with E-state index in [1.807, 2.05) is 6.92 Å². The van der Waals surface area contributed by atoms with Gasteiger partial charge in [-0.25, -0.2) is 0 Å². The predicted octanol–water partition coefficient (Wildman–Crippen LogP) is 4.23. The second-order valence-corrected chi connectivity index (χ2v) is 6.03. The number of rotatable bonds is 6. The van der Waals surface area contributed by atoms with Gasteiger partial charge in [-0.15, -0.1) is 12.4 Å². The van der Waals surface area contributed by atoms with Crippen molar-refractivity contribution in [1.29, 1.82) is 0 Å². The van der Waals surface area contributed by atoms with Crippen molar-refractivity contribution in [2.24, 2.45) is 0 Å². The van der Waals surface area contributed by atoms with Crippen LogP contribution in [0.25, 0.3) is 0 Å². The monoisotopic (exact) mass is 364 g/mol. The van der Waals surface area contributed by atoms with Gasteiger partial charge in [0.1, 0.15) is 0 Å². The van der Waals surface area contributed by atoms with Crippen LogP contribution in [0.1, 0.15) is 56.2 Å². The van der Waals surface area contributed by atoms with Crippen LogP contribution in [0, 0.1) is 0 Å². The number of halogens is 4. The number of amides is 1. The van der Waals surface area contributed by atoms with E-state index in [-0.39, 0.29) is 30.4 Å². The molecule has 0 aromatic heterocycles. The van der Waals surface area contributed by atoms with Gasteiger partial charge in [-0.3, -0.25) is 4.79 Å². The topological polar surface area (TPSA) is 41.1 Å². The first-order valence-corrected chi connectivity index (χ1v) is 8.10. The number of carbonyl (C=O) groups excluding carboxylic acids is 1. The van der Waals surface area contributed by atoms with Crippen LogP contribution in [0.4, 0.5) is 13.2 Å². The zero-order chi connectivity index (χ0) is 16.9. The minimum atomic E-state index is -4.37. The van der Waals surface area contributed by atoms with Crippen molar-refractivity contribution in [3.8, 4) is 0 Å². The first kappa shape index (κ1) is 20.8. The summed E-state index contributed by atoms with van der Waals surface area (Å²) in [6.45, 7) is 2.87. The van der Waals surface area contributed by atoms with E-state index in [1.165, 1.54) is 6.07 Å². The molecule has 2 atom stereocenters. The van der Waals surface area contributed by atoms with Crippen LogP contribution in [0.15, 0.2) is 24.3 Å². The third-order valence-corrected chi connectivity index (χ3v) is 4.12. The van der Waals surface area contributed by atoms with Crippen molar-refractivity contribution in [2.45, 2.75) is 57.3 Å². The number of alkyl halides is 3. The molecule has 3 nitrogen and oxygen atoms in total. The Labute approximate surface area is 146 Å². The Hall–Kier alpha value is -1.27. The van der Waals surface area contributed by atoms with Crippen LogP contribution in [0.2, 0.25) is 0 Å². The lowest BCUT2D eigenvalue weighted by atomic mass is 9.99. The standard InChI is InChI=1S/C17H23F3N2O.ClH/c1-2-5-15(22-16(23)11-14-8-4-9-21-14)12-6-3-7-13(10-12)17(18,19)20;/h3,6-7,10,14-15,21H,2,4-5,8-9,11H2,1H3,(H,22,23);1H. The van der Waals surface area contributed by atoms with Crippen LogP contribution in [0.5, 0.6) is 0 Å². The Kier molecular flexibility index (Phi) is 8.03. The van der Waals surface area contributed by atoms with Crippen LogP contribution >= 0.6 is 12.4 Å². The van der Waals surface area contributed by atoms with Gasteiger partial charge in [-0.1, -0.05) is 25.5 Å². The van der Waals surface area contributed by atoms with Crippen molar-refractivity contribution < 1.29 is 18.0 Å². The second kappa shape index (κ2) is 9.28. The zero-order valence-electron chi connectivity index (χ0n) is 13.7. The van der Waals surface area contributed by atoms with Gasteiger partial charge in [-0.2, -0.15) is 13.2 Å². The van der Waals surface area contributed by atoms with Gasteiger partial charge >= 0.3 is 6.18 Å². The van der Waals surface area contributed by atoms with E-state index in [4.69, 9.17) is 0 Å². The zero-order valence-corrected chi connectivity index (χ0v) is 14.5.